The van der Waals surface area contributed by atoms with Crippen molar-refractivity contribution in [1.29, 1.82) is 0 Å². The molecule has 2 aliphatic carbocycles. The van der Waals surface area contributed by atoms with Crippen molar-refractivity contribution in [2.45, 2.75) is 58.0 Å². The van der Waals surface area contributed by atoms with Gasteiger partial charge < -0.3 is 10.2 Å². The Hall–Kier alpha value is -1.06. The predicted molar refractivity (Wildman–Crippen MR) is 72.3 cm³/mol. The van der Waals surface area contributed by atoms with Crippen LogP contribution in [0, 0.1) is 17.8 Å². The zero-order valence-electron chi connectivity index (χ0n) is 11.9. The second kappa shape index (κ2) is 4.80. The lowest BCUT2D eigenvalue weighted by molar-refractivity contribution is -0.151. The van der Waals surface area contributed by atoms with Crippen LogP contribution in [0.15, 0.2) is 0 Å². The molecule has 0 radical (unpaired) electrons. The van der Waals surface area contributed by atoms with E-state index < -0.39 is 0 Å². The molecule has 3 fully saturated rings. The number of hydrogen-bond donors (Lipinski definition) is 1. The second-order valence-electron chi connectivity index (χ2n) is 6.78. The van der Waals surface area contributed by atoms with E-state index >= 15 is 0 Å². The summed E-state index contributed by atoms with van der Waals surface area (Å²) in [4.78, 5) is 26.8. The van der Waals surface area contributed by atoms with Gasteiger partial charge in [-0.1, -0.05) is 26.7 Å². The van der Waals surface area contributed by atoms with Gasteiger partial charge in [-0.3, -0.25) is 9.59 Å². The van der Waals surface area contributed by atoms with Crippen LogP contribution >= 0.6 is 0 Å². The van der Waals surface area contributed by atoms with Gasteiger partial charge in [-0.2, -0.15) is 0 Å². The lowest BCUT2D eigenvalue weighted by Gasteiger charge is -2.40. The van der Waals surface area contributed by atoms with Crippen LogP contribution in [0.4, 0.5) is 0 Å². The predicted octanol–water partition coefficient (Wildman–Crippen LogP) is 1.55. The van der Waals surface area contributed by atoms with E-state index in [1.165, 1.54) is 12.8 Å². The van der Waals surface area contributed by atoms with Crippen molar-refractivity contribution in [2.75, 3.05) is 6.54 Å². The Balaban J connectivity index is 1.74. The molecule has 3 rings (SSSR count). The summed E-state index contributed by atoms with van der Waals surface area (Å²) in [5.41, 5.74) is 0. The standard InChI is InChI=1S/C15H24N2O2/c1-9(2)12-15(19)17(8-7-10-3-4-10)13(11-5-6-11)14(18)16-12/h9-13H,3-8H2,1-2H3,(H,16,18). The van der Waals surface area contributed by atoms with E-state index in [1.54, 1.807) is 0 Å². The van der Waals surface area contributed by atoms with E-state index in [-0.39, 0.29) is 29.8 Å². The van der Waals surface area contributed by atoms with Crippen molar-refractivity contribution in [3.63, 3.8) is 0 Å². The van der Waals surface area contributed by atoms with E-state index in [4.69, 9.17) is 0 Å². The van der Waals surface area contributed by atoms with Crippen molar-refractivity contribution in [3.05, 3.63) is 0 Å². The first-order valence-electron chi connectivity index (χ1n) is 7.68. The monoisotopic (exact) mass is 264 g/mol. The first-order chi connectivity index (χ1) is 9.08. The summed E-state index contributed by atoms with van der Waals surface area (Å²) in [6.07, 6.45) is 5.87. The Morgan fingerprint density at radius 2 is 1.89 bits per heavy atom. The van der Waals surface area contributed by atoms with Gasteiger partial charge in [0.1, 0.15) is 12.1 Å². The molecule has 1 saturated heterocycles. The molecule has 0 aromatic rings. The third-order valence-corrected chi connectivity index (χ3v) is 4.66. The third kappa shape index (κ3) is 2.63. The molecular formula is C15H24N2O2. The van der Waals surface area contributed by atoms with E-state index in [9.17, 15) is 9.59 Å². The maximum Gasteiger partial charge on any atom is 0.246 e. The number of nitrogens with zero attached hydrogens (tertiary/aromatic N) is 1. The third-order valence-electron chi connectivity index (χ3n) is 4.66. The molecule has 4 nitrogen and oxygen atoms in total. The average Bonchev–Trinajstić information content (AvgIpc) is 3.22. The highest BCUT2D eigenvalue weighted by atomic mass is 16.2. The fraction of sp³-hybridized carbons (Fsp3) is 0.867. The fourth-order valence-corrected chi connectivity index (χ4v) is 3.07. The van der Waals surface area contributed by atoms with Gasteiger partial charge >= 0.3 is 0 Å². The zero-order valence-corrected chi connectivity index (χ0v) is 11.9. The van der Waals surface area contributed by atoms with E-state index in [2.05, 4.69) is 5.32 Å². The molecule has 0 aromatic heterocycles. The Bertz CT molecular complexity index is 386. The normalized spacial score (nSPS) is 31.8. The Kier molecular flexibility index (Phi) is 3.27. The van der Waals surface area contributed by atoms with Crippen molar-refractivity contribution in [1.82, 2.24) is 10.2 Å². The molecule has 0 spiro atoms. The highest BCUT2D eigenvalue weighted by molar-refractivity contribution is 5.97. The van der Waals surface area contributed by atoms with Gasteiger partial charge in [0, 0.05) is 6.54 Å². The smallest absolute Gasteiger partial charge is 0.246 e. The first-order valence-corrected chi connectivity index (χ1v) is 7.68. The first kappa shape index (κ1) is 12.9. The van der Waals surface area contributed by atoms with E-state index in [0.717, 1.165) is 31.7 Å². The SMILES string of the molecule is CC(C)C1NC(=O)C(C2CC2)N(CCC2CC2)C1=O. The summed E-state index contributed by atoms with van der Waals surface area (Å²) in [5.74, 6) is 1.61. The van der Waals surface area contributed by atoms with Gasteiger partial charge in [0.05, 0.1) is 0 Å². The summed E-state index contributed by atoms with van der Waals surface area (Å²) < 4.78 is 0. The molecule has 106 valence electrons. The lowest BCUT2D eigenvalue weighted by Crippen LogP contribution is -2.65. The van der Waals surface area contributed by atoms with Crippen LogP contribution in [0.2, 0.25) is 0 Å². The number of amides is 2. The minimum absolute atomic E-state index is 0.0802. The van der Waals surface area contributed by atoms with Crippen LogP contribution in [0.3, 0.4) is 0 Å². The maximum absolute atomic E-state index is 12.6. The average molecular weight is 264 g/mol. The van der Waals surface area contributed by atoms with Crippen molar-refractivity contribution in [2.24, 2.45) is 17.8 Å². The number of carbonyl (C=O) groups is 2. The van der Waals surface area contributed by atoms with Crippen LogP contribution in [0.5, 0.6) is 0 Å². The summed E-state index contributed by atoms with van der Waals surface area (Å²) in [6, 6.07) is -0.497. The van der Waals surface area contributed by atoms with Gasteiger partial charge in [0.15, 0.2) is 0 Å². The van der Waals surface area contributed by atoms with Gasteiger partial charge in [0.2, 0.25) is 11.8 Å². The minimum atomic E-state index is -0.318. The number of carbonyl (C=O) groups excluding carboxylic acids is 2. The minimum Gasteiger partial charge on any atom is -0.342 e. The van der Waals surface area contributed by atoms with Crippen LogP contribution < -0.4 is 5.32 Å². The number of nitrogens with one attached hydrogen (secondary N) is 1. The molecule has 1 N–H and O–H groups in total. The Morgan fingerprint density at radius 1 is 1.21 bits per heavy atom. The molecule has 3 aliphatic rings. The number of piperazine rings is 1. The van der Waals surface area contributed by atoms with E-state index in [1.807, 2.05) is 18.7 Å². The highest BCUT2D eigenvalue weighted by Crippen LogP contribution is 2.39. The number of hydrogen-bond acceptors (Lipinski definition) is 2. The van der Waals surface area contributed by atoms with Gasteiger partial charge in [-0.25, -0.2) is 0 Å². The summed E-state index contributed by atoms with van der Waals surface area (Å²) in [7, 11) is 0. The molecule has 2 saturated carbocycles. The van der Waals surface area contributed by atoms with Crippen LogP contribution in [-0.2, 0) is 9.59 Å². The molecule has 4 heteroatoms. The maximum atomic E-state index is 12.6. The molecule has 0 aromatic carbocycles. The molecule has 19 heavy (non-hydrogen) atoms. The largest absolute Gasteiger partial charge is 0.342 e. The van der Waals surface area contributed by atoms with Crippen LogP contribution in [0.1, 0.15) is 46.0 Å². The second-order valence-corrected chi connectivity index (χ2v) is 6.78. The van der Waals surface area contributed by atoms with Crippen LogP contribution in [0.25, 0.3) is 0 Å². The Morgan fingerprint density at radius 3 is 2.42 bits per heavy atom. The van der Waals surface area contributed by atoms with Gasteiger partial charge in [0.25, 0.3) is 0 Å². The van der Waals surface area contributed by atoms with Crippen molar-refractivity contribution in [3.8, 4) is 0 Å². The molecule has 2 amide bonds. The van der Waals surface area contributed by atoms with Gasteiger partial charge in [-0.15, -0.1) is 0 Å². The molecule has 1 aliphatic heterocycles. The summed E-state index contributed by atoms with van der Waals surface area (Å²) in [6.45, 7) is 4.78. The van der Waals surface area contributed by atoms with E-state index in [0.29, 0.717) is 5.92 Å². The molecule has 2 unspecified atom stereocenters. The summed E-state index contributed by atoms with van der Waals surface area (Å²) in [5, 5.41) is 2.94. The number of rotatable bonds is 5. The van der Waals surface area contributed by atoms with Crippen molar-refractivity contribution >= 4 is 11.8 Å². The van der Waals surface area contributed by atoms with Gasteiger partial charge in [-0.05, 0) is 37.0 Å². The fourth-order valence-electron chi connectivity index (χ4n) is 3.07. The van der Waals surface area contributed by atoms with Crippen molar-refractivity contribution < 1.29 is 9.59 Å². The summed E-state index contributed by atoms with van der Waals surface area (Å²) >= 11 is 0. The molecule has 0 bridgehead atoms. The quantitative estimate of drug-likeness (QED) is 0.819. The highest BCUT2D eigenvalue weighted by Gasteiger charge is 2.48. The lowest BCUT2D eigenvalue weighted by atomic mass is 9.95. The van der Waals surface area contributed by atoms with Crippen LogP contribution in [-0.4, -0.2) is 35.3 Å². The molecule has 1 heterocycles. The zero-order chi connectivity index (χ0) is 13.6. The molecule has 2 atom stereocenters. The Labute approximate surface area is 114 Å². The molecular weight excluding hydrogens is 240 g/mol. The topological polar surface area (TPSA) is 49.4 Å².